The highest BCUT2D eigenvalue weighted by Crippen LogP contribution is 2.32. The maximum atomic E-state index is 11.4. The second-order valence-corrected chi connectivity index (χ2v) is 4.15. The van der Waals surface area contributed by atoms with Crippen molar-refractivity contribution >= 4 is 12.0 Å². The normalized spacial score (nSPS) is 18.6. The van der Waals surface area contributed by atoms with Gasteiger partial charge in [0.2, 0.25) is 0 Å². The molecule has 0 spiro atoms. The number of hydrogen-bond acceptors (Lipinski definition) is 3. The average Bonchev–Trinajstić information content (AvgIpc) is 2.99. The van der Waals surface area contributed by atoms with Gasteiger partial charge in [0.15, 0.2) is 0 Å². The van der Waals surface area contributed by atoms with Crippen molar-refractivity contribution in [2.24, 2.45) is 5.92 Å². The molecule has 6 nitrogen and oxygen atoms in total. The Morgan fingerprint density at radius 1 is 1.38 bits per heavy atom. The van der Waals surface area contributed by atoms with E-state index in [0.29, 0.717) is 5.92 Å². The molecule has 0 aromatic heterocycles. The van der Waals surface area contributed by atoms with Crippen LogP contribution in [-0.2, 0) is 4.79 Å². The van der Waals surface area contributed by atoms with E-state index in [1.165, 1.54) is 0 Å². The average molecular weight is 230 g/mol. The van der Waals surface area contributed by atoms with Crippen LogP contribution < -0.4 is 10.6 Å². The zero-order valence-electron chi connectivity index (χ0n) is 9.27. The zero-order valence-corrected chi connectivity index (χ0v) is 9.27. The van der Waals surface area contributed by atoms with E-state index in [4.69, 9.17) is 10.2 Å². The van der Waals surface area contributed by atoms with Crippen molar-refractivity contribution < 1.29 is 19.8 Å². The lowest BCUT2D eigenvalue weighted by Crippen LogP contribution is -2.49. The molecule has 4 N–H and O–H groups in total. The maximum Gasteiger partial charge on any atom is 0.326 e. The molecule has 0 radical (unpaired) electrons. The number of aliphatic hydroxyl groups excluding tert-OH is 1. The number of aliphatic hydroxyl groups is 1. The minimum absolute atomic E-state index is 0.0144. The van der Waals surface area contributed by atoms with Crippen LogP contribution in [0, 0.1) is 5.92 Å². The van der Waals surface area contributed by atoms with E-state index < -0.39 is 18.0 Å². The molecule has 92 valence electrons. The summed E-state index contributed by atoms with van der Waals surface area (Å²) >= 11 is 0. The molecule has 6 heteroatoms. The Hall–Kier alpha value is -1.30. The molecular weight excluding hydrogens is 212 g/mol. The molecule has 0 bridgehead atoms. The molecule has 0 aromatic carbocycles. The third kappa shape index (κ3) is 4.06. The van der Waals surface area contributed by atoms with E-state index in [9.17, 15) is 9.59 Å². The summed E-state index contributed by atoms with van der Waals surface area (Å²) in [5.74, 6) is -0.616. The molecule has 1 aliphatic rings. The van der Waals surface area contributed by atoms with Gasteiger partial charge in [-0.05, 0) is 25.7 Å². The molecule has 0 aromatic rings. The molecule has 16 heavy (non-hydrogen) atoms. The first-order valence-corrected chi connectivity index (χ1v) is 5.45. The van der Waals surface area contributed by atoms with Crippen molar-refractivity contribution in [1.29, 1.82) is 0 Å². The lowest BCUT2D eigenvalue weighted by atomic mass is 10.2. The number of amides is 2. The zero-order chi connectivity index (χ0) is 12.1. The first kappa shape index (κ1) is 12.8. The highest BCUT2D eigenvalue weighted by Gasteiger charge is 2.29. The molecule has 0 saturated heterocycles. The van der Waals surface area contributed by atoms with Gasteiger partial charge in [0.1, 0.15) is 6.04 Å². The van der Waals surface area contributed by atoms with Gasteiger partial charge < -0.3 is 20.8 Å². The summed E-state index contributed by atoms with van der Waals surface area (Å²) in [5.41, 5.74) is 0. The molecule has 0 aliphatic heterocycles. The molecular formula is C10H18N2O4. The topological polar surface area (TPSA) is 98.7 Å². The Morgan fingerprint density at radius 3 is 2.44 bits per heavy atom. The van der Waals surface area contributed by atoms with Gasteiger partial charge in [-0.3, -0.25) is 0 Å². The first-order chi connectivity index (χ1) is 7.54. The standard InChI is InChI=1S/C10H18N2O4/c1-6(7-2-3-7)11-10(16)12-8(4-5-13)9(14)15/h6-8,13H,2-5H2,1H3,(H,14,15)(H2,11,12,16). The van der Waals surface area contributed by atoms with Crippen molar-refractivity contribution in [3.63, 3.8) is 0 Å². The third-order valence-corrected chi connectivity index (χ3v) is 2.71. The summed E-state index contributed by atoms with van der Waals surface area (Å²) in [7, 11) is 0. The summed E-state index contributed by atoms with van der Waals surface area (Å²) in [6.07, 6.45) is 2.24. The second-order valence-electron chi connectivity index (χ2n) is 4.15. The molecule has 1 fully saturated rings. The maximum absolute atomic E-state index is 11.4. The van der Waals surface area contributed by atoms with Crippen LogP contribution in [0.5, 0.6) is 0 Å². The van der Waals surface area contributed by atoms with E-state index in [1.54, 1.807) is 0 Å². The fourth-order valence-corrected chi connectivity index (χ4v) is 1.51. The van der Waals surface area contributed by atoms with Gasteiger partial charge in [0.05, 0.1) is 0 Å². The van der Waals surface area contributed by atoms with Gasteiger partial charge in [-0.15, -0.1) is 0 Å². The highest BCUT2D eigenvalue weighted by molar-refractivity contribution is 5.82. The number of rotatable bonds is 6. The van der Waals surface area contributed by atoms with Crippen LogP contribution >= 0.6 is 0 Å². The predicted molar refractivity (Wildman–Crippen MR) is 57.0 cm³/mol. The van der Waals surface area contributed by atoms with Crippen molar-refractivity contribution in [2.45, 2.75) is 38.3 Å². The smallest absolute Gasteiger partial charge is 0.326 e. The summed E-state index contributed by atoms with van der Waals surface area (Å²) in [6.45, 7) is 1.63. The van der Waals surface area contributed by atoms with E-state index in [2.05, 4.69) is 10.6 Å². The van der Waals surface area contributed by atoms with E-state index >= 15 is 0 Å². The summed E-state index contributed by atoms with van der Waals surface area (Å²) in [6, 6.07) is -1.44. The fourth-order valence-electron chi connectivity index (χ4n) is 1.51. The number of carboxylic acid groups (broad SMARTS) is 1. The fraction of sp³-hybridized carbons (Fsp3) is 0.800. The van der Waals surface area contributed by atoms with Gasteiger partial charge in [-0.1, -0.05) is 0 Å². The van der Waals surface area contributed by atoms with Gasteiger partial charge in [-0.2, -0.15) is 0 Å². The molecule has 1 saturated carbocycles. The van der Waals surface area contributed by atoms with Crippen molar-refractivity contribution in [2.75, 3.05) is 6.61 Å². The number of carbonyl (C=O) groups excluding carboxylic acids is 1. The summed E-state index contributed by atoms with van der Waals surface area (Å²) in [5, 5.41) is 22.4. The molecule has 0 heterocycles. The SMILES string of the molecule is CC(NC(=O)NC(CCO)C(=O)O)C1CC1. The van der Waals surface area contributed by atoms with Crippen LogP contribution in [0.25, 0.3) is 0 Å². The molecule has 2 unspecified atom stereocenters. The number of urea groups is 1. The minimum atomic E-state index is -1.14. The molecule has 2 atom stereocenters. The number of nitrogens with one attached hydrogen (secondary N) is 2. The number of carbonyl (C=O) groups is 2. The lowest BCUT2D eigenvalue weighted by Gasteiger charge is -2.17. The Balaban J connectivity index is 2.32. The Labute approximate surface area is 94.0 Å². The van der Waals surface area contributed by atoms with Crippen LogP contribution in [0.3, 0.4) is 0 Å². The highest BCUT2D eigenvalue weighted by atomic mass is 16.4. The van der Waals surface area contributed by atoms with Crippen LogP contribution in [0.1, 0.15) is 26.2 Å². The van der Waals surface area contributed by atoms with Crippen LogP contribution in [-0.4, -0.2) is 40.9 Å². The van der Waals surface area contributed by atoms with Crippen LogP contribution in [0.15, 0.2) is 0 Å². The van der Waals surface area contributed by atoms with Gasteiger partial charge in [0.25, 0.3) is 0 Å². The molecule has 1 rings (SSSR count). The van der Waals surface area contributed by atoms with Crippen molar-refractivity contribution in [3.05, 3.63) is 0 Å². The molecule has 1 aliphatic carbocycles. The van der Waals surface area contributed by atoms with E-state index in [-0.39, 0.29) is 19.1 Å². The lowest BCUT2D eigenvalue weighted by molar-refractivity contribution is -0.139. The largest absolute Gasteiger partial charge is 0.480 e. The monoisotopic (exact) mass is 230 g/mol. The van der Waals surface area contributed by atoms with E-state index in [0.717, 1.165) is 12.8 Å². The Morgan fingerprint density at radius 2 is 2.00 bits per heavy atom. The Kier molecular flexibility index (Phi) is 4.54. The van der Waals surface area contributed by atoms with Crippen LogP contribution in [0.4, 0.5) is 4.79 Å². The predicted octanol–water partition coefficient (Wildman–Crippen LogP) is -0.0803. The van der Waals surface area contributed by atoms with Gasteiger partial charge in [-0.25, -0.2) is 9.59 Å². The molecule has 2 amide bonds. The van der Waals surface area contributed by atoms with Crippen LogP contribution in [0.2, 0.25) is 0 Å². The number of carboxylic acids is 1. The minimum Gasteiger partial charge on any atom is -0.480 e. The summed E-state index contributed by atoms with van der Waals surface area (Å²) in [4.78, 5) is 22.1. The third-order valence-electron chi connectivity index (χ3n) is 2.71. The van der Waals surface area contributed by atoms with Gasteiger partial charge >= 0.3 is 12.0 Å². The Bertz CT molecular complexity index is 266. The number of aliphatic carboxylic acids is 1. The number of hydrogen-bond donors (Lipinski definition) is 4. The first-order valence-electron chi connectivity index (χ1n) is 5.45. The summed E-state index contributed by atoms with van der Waals surface area (Å²) < 4.78 is 0. The van der Waals surface area contributed by atoms with E-state index in [1.807, 2.05) is 6.92 Å². The second kappa shape index (κ2) is 5.69. The van der Waals surface area contributed by atoms with Gasteiger partial charge in [0, 0.05) is 19.1 Å². The van der Waals surface area contributed by atoms with Crippen molar-refractivity contribution in [1.82, 2.24) is 10.6 Å². The van der Waals surface area contributed by atoms with Crippen molar-refractivity contribution in [3.8, 4) is 0 Å². The quantitative estimate of drug-likeness (QED) is 0.513.